The first kappa shape index (κ1) is 16.8. The van der Waals surface area contributed by atoms with Crippen LogP contribution in [-0.4, -0.2) is 47.6 Å². The highest BCUT2D eigenvalue weighted by atomic mass is 35.5. The number of nitrogens with one attached hydrogen (secondary N) is 1. The van der Waals surface area contributed by atoms with Crippen LogP contribution in [0.1, 0.15) is 18.9 Å². The van der Waals surface area contributed by atoms with Crippen molar-refractivity contribution in [1.29, 1.82) is 0 Å². The number of benzene rings is 1. The van der Waals surface area contributed by atoms with E-state index in [2.05, 4.69) is 22.0 Å². The summed E-state index contributed by atoms with van der Waals surface area (Å²) in [5, 5.41) is 5.63. The van der Waals surface area contributed by atoms with Crippen LogP contribution in [0.25, 0.3) is 0 Å². The zero-order valence-electron chi connectivity index (χ0n) is 12.2. The van der Waals surface area contributed by atoms with Crippen LogP contribution in [0.3, 0.4) is 0 Å². The van der Waals surface area contributed by atoms with Gasteiger partial charge in [-0.05, 0) is 30.8 Å². The van der Waals surface area contributed by atoms with E-state index in [-0.39, 0.29) is 0 Å². The van der Waals surface area contributed by atoms with E-state index >= 15 is 0 Å². The van der Waals surface area contributed by atoms with E-state index in [0.29, 0.717) is 0 Å². The zero-order chi connectivity index (χ0) is 15.2. The van der Waals surface area contributed by atoms with Gasteiger partial charge in [0.2, 0.25) is 0 Å². The van der Waals surface area contributed by atoms with Crippen molar-refractivity contribution in [3.05, 3.63) is 33.8 Å². The lowest BCUT2D eigenvalue weighted by molar-refractivity contribution is 0.174. The third kappa shape index (κ3) is 4.71. The van der Waals surface area contributed by atoms with E-state index in [1.807, 2.05) is 18.2 Å². The molecule has 1 saturated heterocycles. The largest absolute Gasteiger partial charge is 0.363 e. The molecule has 3 nitrogen and oxygen atoms in total. The first-order valence-electron chi connectivity index (χ1n) is 7.30. The van der Waals surface area contributed by atoms with Gasteiger partial charge in [0.05, 0.1) is 0 Å². The molecule has 116 valence electrons. The molecule has 0 spiro atoms. The number of rotatable bonds is 4. The minimum Gasteiger partial charge on any atom is -0.363 e. The molecule has 1 aliphatic rings. The maximum atomic E-state index is 6.23. The first-order chi connectivity index (χ1) is 10.1. The monoisotopic (exact) mass is 345 g/mol. The molecule has 0 bridgehead atoms. The van der Waals surface area contributed by atoms with Crippen molar-refractivity contribution in [3.8, 4) is 0 Å². The molecule has 1 aromatic carbocycles. The Bertz CT molecular complexity index is 468. The molecule has 0 radical (unpaired) electrons. The van der Waals surface area contributed by atoms with Gasteiger partial charge >= 0.3 is 0 Å². The van der Waals surface area contributed by atoms with Crippen LogP contribution in [0.15, 0.2) is 18.2 Å². The maximum absolute atomic E-state index is 6.23. The van der Waals surface area contributed by atoms with Crippen LogP contribution >= 0.6 is 35.4 Å². The number of nitrogens with zero attached hydrogens (tertiary/aromatic N) is 2. The summed E-state index contributed by atoms with van der Waals surface area (Å²) in [6, 6.07) is 5.66. The van der Waals surface area contributed by atoms with Gasteiger partial charge in [-0.2, -0.15) is 0 Å². The summed E-state index contributed by atoms with van der Waals surface area (Å²) in [5.41, 5.74) is 1.01. The summed E-state index contributed by atoms with van der Waals surface area (Å²) in [6.07, 6.45) is 1.09. The molecule has 1 heterocycles. The summed E-state index contributed by atoms with van der Waals surface area (Å²) in [7, 11) is 0. The summed E-state index contributed by atoms with van der Waals surface area (Å²) >= 11 is 17.9. The van der Waals surface area contributed by atoms with Gasteiger partial charge in [-0.25, -0.2) is 0 Å². The molecule has 6 heteroatoms. The fraction of sp³-hybridized carbons (Fsp3) is 0.533. The van der Waals surface area contributed by atoms with E-state index < -0.39 is 0 Å². The molecule has 2 rings (SSSR count). The topological polar surface area (TPSA) is 18.5 Å². The Morgan fingerprint density at radius 1 is 1.19 bits per heavy atom. The smallest absolute Gasteiger partial charge is 0.169 e. The number of halogens is 2. The normalized spacial score (nSPS) is 16.0. The van der Waals surface area contributed by atoms with Gasteiger partial charge in [0.1, 0.15) is 0 Å². The van der Waals surface area contributed by atoms with Crippen molar-refractivity contribution < 1.29 is 0 Å². The highest BCUT2D eigenvalue weighted by Gasteiger charge is 2.20. The van der Waals surface area contributed by atoms with E-state index in [4.69, 9.17) is 35.4 Å². The average Bonchev–Trinajstić information content (AvgIpc) is 2.49. The van der Waals surface area contributed by atoms with Gasteiger partial charge in [-0.1, -0.05) is 36.2 Å². The molecule has 0 amide bonds. The van der Waals surface area contributed by atoms with Crippen molar-refractivity contribution in [1.82, 2.24) is 15.1 Å². The lowest BCUT2D eigenvalue weighted by atomic mass is 10.2. The summed E-state index contributed by atoms with van der Waals surface area (Å²) < 4.78 is 0. The molecule has 0 aliphatic carbocycles. The Labute approximate surface area is 142 Å². The lowest BCUT2D eigenvalue weighted by Gasteiger charge is -2.36. The van der Waals surface area contributed by atoms with Gasteiger partial charge in [-0.15, -0.1) is 0 Å². The molecule has 0 unspecified atom stereocenters. The average molecular weight is 346 g/mol. The first-order valence-corrected chi connectivity index (χ1v) is 8.46. The second kappa shape index (κ2) is 8.18. The molecule has 0 atom stereocenters. The van der Waals surface area contributed by atoms with E-state index in [1.165, 1.54) is 0 Å². The van der Waals surface area contributed by atoms with Gasteiger partial charge in [-0.3, -0.25) is 4.90 Å². The molecule has 1 aliphatic heterocycles. The van der Waals surface area contributed by atoms with Gasteiger partial charge in [0.15, 0.2) is 5.11 Å². The van der Waals surface area contributed by atoms with Crippen LogP contribution in [0, 0.1) is 0 Å². The molecular formula is C15H21Cl2N3S. The minimum absolute atomic E-state index is 0.741. The highest BCUT2D eigenvalue weighted by Crippen LogP contribution is 2.26. The summed E-state index contributed by atoms with van der Waals surface area (Å²) in [6.45, 7) is 7.69. The Balaban J connectivity index is 1.86. The molecule has 1 N–H and O–H groups in total. The fourth-order valence-electron chi connectivity index (χ4n) is 2.36. The SMILES string of the molecule is CCCNC(=S)N1CCN(Cc2c(Cl)cccc2Cl)CC1. The van der Waals surface area contributed by atoms with E-state index in [9.17, 15) is 0 Å². The maximum Gasteiger partial charge on any atom is 0.169 e. The van der Waals surface area contributed by atoms with Crippen LogP contribution in [0.5, 0.6) is 0 Å². The van der Waals surface area contributed by atoms with Gasteiger partial charge in [0.25, 0.3) is 0 Å². The van der Waals surface area contributed by atoms with Crippen molar-refractivity contribution in [3.63, 3.8) is 0 Å². The zero-order valence-corrected chi connectivity index (χ0v) is 14.6. The van der Waals surface area contributed by atoms with Crippen LogP contribution < -0.4 is 5.32 Å². The standard InChI is InChI=1S/C15H21Cl2N3S/c1-2-6-18-15(21)20-9-7-19(8-10-20)11-12-13(16)4-3-5-14(12)17/h3-5H,2,6-11H2,1H3,(H,18,21). The fourth-order valence-corrected chi connectivity index (χ4v) is 3.16. The predicted octanol–water partition coefficient (Wildman–Crippen LogP) is 3.40. The second-order valence-electron chi connectivity index (χ2n) is 5.20. The predicted molar refractivity (Wildman–Crippen MR) is 94.2 cm³/mol. The Morgan fingerprint density at radius 3 is 2.38 bits per heavy atom. The molecule has 21 heavy (non-hydrogen) atoms. The third-order valence-corrected chi connectivity index (χ3v) is 4.74. The van der Waals surface area contributed by atoms with Crippen molar-refractivity contribution in [2.45, 2.75) is 19.9 Å². The second-order valence-corrected chi connectivity index (χ2v) is 6.40. The van der Waals surface area contributed by atoms with E-state index in [0.717, 1.165) is 66.4 Å². The lowest BCUT2D eigenvalue weighted by Crippen LogP contribution is -2.51. The van der Waals surface area contributed by atoms with Crippen molar-refractivity contribution in [2.24, 2.45) is 0 Å². The van der Waals surface area contributed by atoms with Gasteiger partial charge < -0.3 is 10.2 Å². The Hall–Kier alpha value is -0.550. The molecule has 0 saturated carbocycles. The van der Waals surface area contributed by atoms with Crippen LogP contribution in [0.4, 0.5) is 0 Å². The Kier molecular flexibility index (Phi) is 6.55. The summed E-state index contributed by atoms with van der Waals surface area (Å²) in [4.78, 5) is 4.60. The number of hydrogen-bond acceptors (Lipinski definition) is 2. The van der Waals surface area contributed by atoms with Gasteiger partial charge in [0, 0.05) is 54.9 Å². The number of hydrogen-bond donors (Lipinski definition) is 1. The van der Waals surface area contributed by atoms with Crippen molar-refractivity contribution >= 4 is 40.5 Å². The molecule has 1 fully saturated rings. The highest BCUT2D eigenvalue weighted by molar-refractivity contribution is 7.80. The molecular weight excluding hydrogens is 325 g/mol. The van der Waals surface area contributed by atoms with Crippen molar-refractivity contribution in [2.75, 3.05) is 32.7 Å². The number of piperazine rings is 1. The number of thiocarbonyl (C=S) groups is 1. The third-order valence-electron chi connectivity index (χ3n) is 3.63. The molecule has 1 aromatic rings. The van der Waals surface area contributed by atoms with E-state index in [1.54, 1.807) is 0 Å². The van der Waals surface area contributed by atoms with Crippen LogP contribution in [-0.2, 0) is 6.54 Å². The Morgan fingerprint density at radius 2 is 1.81 bits per heavy atom. The minimum atomic E-state index is 0.741. The molecule has 0 aromatic heterocycles. The quantitative estimate of drug-likeness (QED) is 0.842. The summed E-state index contributed by atoms with van der Waals surface area (Å²) in [5.74, 6) is 0. The van der Waals surface area contributed by atoms with Crippen LogP contribution in [0.2, 0.25) is 10.0 Å².